The van der Waals surface area contributed by atoms with E-state index in [2.05, 4.69) is 45.3 Å². The van der Waals surface area contributed by atoms with Crippen LogP contribution in [0.4, 0.5) is 0 Å². The largest absolute Gasteiger partial charge is 0.353 e. The molecule has 1 aromatic heterocycles. The van der Waals surface area contributed by atoms with Crippen LogP contribution in [0.15, 0.2) is 33.9 Å². The third-order valence-corrected chi connectivity index (χ3v) is 4.90. The molecule has 0 aliphatic carbocycles. The minimum absolute atomic E-state index is 0.0387. The van der Waals surface area contributed by atoms with E-state index in [0.29, 0.717) is 16.9 Å². The number of aromatic nitrogens is 3. The third kappa shape index (κ3) is 4.71. The number of nitrogens with zero attached hydrogens (tertiary/aromatic N) is 3. The Morgan fingerprint density at radius 3 is 2.78 bits per heavy atom. The van der Waals surface area contributed by atoms with Crippen molar-refractivity contribution >= 4 is 33.6 Å². The zero-order chi connectivity index (χ0) is 17.0. The molecule has 2 aromatic rings. The van der Waals surface area contributed by atoms with Crippen LogP contribution in [0.1, 0.15) is 20.8 Å². The van der Waals surface area contributed by atoms with Gasteiger partial charge in [-0.25, -0.2) is 4.68 Å². The second-order valence-electron chi connectivity index (χ2n) is 5.58. The van der Waals surface area contributed by atoms with Gasteiger partial charge in [0.05, 0.1) is 5.75 Å². The fraction of sp³-hybridized carbons (Fsp3) is 0.400. The summed E-state index contributed by atoms with van der Waals surface area (Å²) in [4.78, 5) is 11.9. The van der Waals surface area contributed by atoms with E-state index in [4.69, 9.17) is 5.84 Å². The van der Waals surface area contributed by atoms with E-state index in [9.17, 15) is 4.79 Å². The first-order valence-corrected chi connectivity index (χ1v) is 9.05. The Balaban J connectivity index is 2.01. The van der Waals surface area contributed by atoms with Crippen molar-refractivity contribution < 1.29 is 4.79 Å². The number of nitrogens with one attached hydrogen (secondary N) is 1. The van der Waals surface area contributed by atoms with Gasteiger partial charge in [0.1, 0.15) is 0 Å². The van der Waals surface area contributed by atoms with E-state index in [-0.39, 0.29) is 17.7 Å². The van der Waals surface area contributed by atoms with Gasteiger partial charge >= 0.3 is 0 Å². The molecule has 23 heavy (non-hydrogen) atoms. The number of benzene rings is 1. The molecule has 1 aromatic carbocycles. The predicted octanol–water partition coefficient (Wildman–Crippen LogP) is 2.67. The first kappa shape index (κ1) is 17.8. The first-order chi connectivity index (χ1) is 10.9. The average Bonchev–Trinajstić information content (AvgIpc) is 2.86. The lowest BCUT2D eigenvalue weighted by atomic mass is 10.1. The molecule has 3 N–H and O–H groups in total. The molecular weight excluding hydrogens is 378 g/mol. The van der Waals surface area contributed by atoms with E-state index < -0.39 is 0 Å². The highest BCUT2D eigenvalue weighted by atomic mass is 79.9. The van der Waals surface area contributed by atoms with Crippen molar-refractivity contribution in [1.29, 1.82) is 0 Å². The topological polar surface area (TPSA) is 85.8 Å². The molecule has 0 aliphatic rings. The summed E-state index contributed by atoms with van der Waals surface area (Å²) in [6.07, 6.45) is 0. The van der Waals surface area contributed by atoms with E-state index in [1.54, 1.807) is 0 Å². The number of nitrogen functional groups attached to an aromatic ring is 1. The lowest BCUT2D eigenvalue weighted by Crippen LogP contribution is -2.37. The highest BCUT2D eigenvalue weighted by Crippen LogP contribution is 2.23. The zero-order valence-electron chi connectivity index (χ0n) is 13.3. The van der Waals surface area contributed by atoms with Crippen molar-refractivity contribution in [2.75, 3.05) is 11.6 Å². The van der Waals surface area contributed by atoms with E-state index in [1.165, 1.54) is 16.4 Å². The Bertz CT molecular complexity index is 688. The maximum Gasteiger partial charge on any atom is 0.230 e. The number of amides is 1. The normalized spacial score (nSPS) is 12.4. The summed E-state index contributed by atoms with van der Waals surface area (Å²) in [6.45, 7) is 6.13. The smallest absolute Gasteiger partial charge is 0.230 e. The number of halogens is 1. The second kappa shape index (κ2) is 7.83. The Labute approximate surface area is 148 Å². The number of hydrogen-bond acceptors (Lipinski definition) is 5. The van der Waals surface area contributed by atoms with Gasteiger partial charge in [-0.2, -0.15) is 0 Å². The Hall–Kier alpha value is -1.54. The van der Waals surface area contributed by atoms with Gasteiger partial charge in [-0.05, 0) is 25.0 Å². The van der Waals surface area contributed by atoms with Crippen molar-refractivity contribution in [3.05, 3.63) is 28.7 Å². The molecule has 0 bridgehead atoms. The van der Waals surface area contributed by atoms with Crippen LogP contribution in [0.2, 0.25) is 0 Å². The molecule has 0 fully saturated rings. The minimum atomic E-state index is -0.0387. The Kier molecular flexibility index (Phi) is 6.06. The summed E-state index contributed by atoms with van der Waals surface area (Å²) in [5.74, 6) is 7.21. The molecule has 8 heteroatoms. The predicted molar refractivity (Wildman–Crippen MR) is 96.5 cm³/mol. The maximum atomic E-state index is 11.9. The number of rotatable bonds is 6. The van der Waals surface area contributed by atoms with Crippen LogP contribution >= 0.6 is 27.7 Å². The number of thioether (sulfide) groups is 1. The fourth-order valence-electron chi connectivity index (χ4n) is 1.79. The quantitative estimate of drug-likeness (QED) is 0.577. The molecule has 0 unspecified atom stereocenters. The number of nitrogens with two attached hydrogens (primary N) is 1. The van der Waals surface area contributed by atoms with E-state index >= 15 is 0 Å². The van der Waals surface area contributed by atoms with Gasteiger partial charge in [-0.15, -0.1) is 10.2 Å². The Morgan fingerprint density at radius 2 is 2.13 bits per heavy atom. The van der Waals surface area contributed by atoms with Gasteiger partial charge < -0.3 is 11.2 Å². The van der Waals surface area contributed by atoms with Crippen molar-refractivity contribution in [1.82, 2.24) is 20.2 Å². The summed E-state index contributed by atoms with van der Waals surface area (Å²) in [5.41, 5.74) is 0.860. The molecule has 1 heterocycles. The second-order valence-corrected chi connectivity index (χ2v) is 7.43. The first-order valence-electron chi connectivity index (χ1n) is 7.27. The lowest BCUT2D eigenvalue weighted by Gasteiger charge is -2.16. The summed E-state index contributed by atoms with van der Waals surface area (Å²) < 4.78 is 2.35. The van der Waals surface area contributed by atoms with Gasteiger partial charge in [0.25, 0.3) is 0 Å². The zero-order valence-corrected chi connectivity index (χ0v) is 15.7. The molecule has 6 nitrogen and oxygen atoms in total. The maximum absolute atomic E-state index is 11.9. The molecule has 0 saturated heterocycles. The summed E-state index contributed by atoms with van der Waals surface area (Å²) in [6, 6.07) is 7.79. The van der Waals surface area contributed by atoms with Crippen molar-refractivity contribution in [2.45, 2.75) is 32.0 Å². The Morgan fingerprint density at radius 1 is 1.39 bits per heavy atom. The summed E-state index contributed by atoms with van der Waals surface area (Å²) in [7, 11) is 0. The molecule has 124 valence electrons. The van der Waals surface area contributed by atoms with Crippen molar-refractivity contribution in [2.24, 2.45) is 5.92 Å². The summed E-state index contributed by atoms with van der Waals surface area (Å²) >= 11 is 4.69. The van der Waals surface area contributed by atoms with Gasteiger partial charge in [-0.3, -0.25) is 4.79 Å². The van der Waals surface area contributed by atoms with Crippen molar-refractivity contribution in [3.8, 4) is 11.4 Å². The molecule has 1 atom stereocenters. The standard InChI is InChI=1S/C15H20BrN5OS/c1-9(2)10(3)18-13(22)8-23-15-20-19-14(21(15)17)11-5-4-6-12(16)7-11/h4-7,9-10H,8,17H2,1-3H3,(H,18,22)/t10-/m0/s1. The van der Waals surface area contributed by atoms with Gasteiger partial charge in [0.2, 0.25) is 11.1 Å². The molecule has 1 amide bonds. The van der Waals surface area contributed by atoms with E-state index in [0.717, 1.165) is 10.0 Å². The molecule has 0 aliphatic heterocycles. The monoisotopic (exact) mass is 397 g/mol. The van der Waals surface area contributed by atoms with Crippen LogP contribution in [0.5, 0.6) is 0 Å². The molecule has 2 rings (SSSR count). The highest BCUT2D eigenvalue weighted by molar-refractivity contribution is 9.10. The SMILES string of the molecule is CC(C)[C@H](C)NC(=O)CSc1nnc(-c2cccc(Br)c2)n1N. The van der Waals surface area contributed by atoms with Crippen LogP contribution in [0, 0.1) is 5.92 Å². The minimum Gasteiger partial charge on any atom is -0.353 e. The van der Waals surface area contributed by atoms with Crippen LogP contribution in [0.3, 0.4) is 0 Å². The number of carbonyl (C=O) groups excluding carboxylic acids is 1. The molecular formula is C15H20BrN5OS. The van der Waals surface area contributed by atoms with Crippen LogP contribution in [-0.2, 0) is 4.79 Å². The fourth-order valence-corrected chi connectivity index (χ4v) is 2.86. The molecule has 0 radical (unpaired) electrons. The average molecular weight is 398 g/mol. The van der Waals surface area contributed by atoms with Gasteiger partial charge in [-0.1, -0.05) is 53.7 Å². The third-order valence-electron chi connectivity index (χ3n) is 3.47. The summed E-state index contributed by atoms with van der Waals surface area (Å²) in [5, 5.41) is 11.6. The van der Waals surface area contributed by atoms with Crippen LogP contribution < -0.4 is 11.2 Å². The molecule has 0 saturated carbocycles. The number of carbonyl (C=O) groups is 1. The van der Waals surface area contributed by atoms with Gasteiger partial charge in [0.15, 0.2) is 5.82 Å². The van der Waals surface area contributed by atoms with E-state index in [1.807, 2.05) is 31.2 Å². The number of hydrogen-bond donors (Lipinski definition) is 2. The lowest BCUT2D eigenvalue weighted by molar-refractivity contribution is -0.119. The van der Waals surface area contributed by atoms with Gasteiger partial charge in [0, 0.05) is 16.1 Å². The molecule has 0 spiro atoms. The van der Waals surface area contributed by atoms with Crippen LogP contribution in [-0.4, -0.2) is 32.6 Å². The van der Waals surface area contributed by atoms with Crippen LogP contribution in [0.25, 0.3) is 11.4 Å². The van der Waals surface area contributed by atoms with Crippen molar-refractivity contribution in [3.63, 3.8) is 0 Å². The highest BCUT2D eigenvalue weighted by Gasteiger charge is 2.15.